The summed E-state index contributed by atoms with van der Waals surface area (Å²) in [7, 11) is 0. The molecule has 0 aromatic rings. The van der Waals surface area contributed by atoms with Gasteiger partial charge in [0.2, 0.25) is 0 Å². The topological polar surface area (TPSA) is 9.23 Å². The minimum absolute atomic E-state index is 0.729. The highest BCUT2D eigenvalue weighted by Gasteiger charge is 2.14. The van der Waals surface area contributed by atoms with Gasteiger partial charge in [-0.1, -0.05) is 118 Å². The van der Waals surface area contributed by atoms with Crippen molar-refractivity contribution in [1.29, 1.82) is 0 Å². The second-order valence-corrected chi connectivity index (χ2v) is 7.89. The molecule has 0 spiro atoms. The van der Waals surface area contributed by atoms with E-state index in [1.165, 1.54) is 77.0 Å². The van der Waals surface area contributed by atoms with Crippen molar-refractivity contribution in [2.24, 2.45) is 11.8 Å². The fourth-order valence-corrected chi connectivity index (χ4v) is 3.81. The Kier molecular flexibility index (Phi) is 16.3. The number of unbranched alkanes of at least 4 members (excludes halogenated alkanes) is 4. The summed E-state index contributed by atoms with van der Waals surface area (Å²) in [6, 6.07) is 0. The van der Waals surface area contributed by atoms with Crippen LogP contribution in [0.25, 0.3) is 0 Å². The summed E-state index contributed by atoms with van der Waals surface area (Å²) in [6.07, 6.45) is 17.7. The monoisotopic (exact) mass is 350 g/mol. The molecule has 0 bridgehead atoms. The van der Waals surface area contributed by atoms with Gasteiger partial charge in [-0.05, 0) is 11.8 Å². The molecule has 1 nitrogen and oxygen atoms in total. The molecule has 2 atom stereocenters. The summed E-state index contributed by atoms with van der Waals surface area (Å²) < 4.78 is 6.03. The third kappa shape index (κ3) is 14.2. The SMILES string of the molecule is C=C(CC(CCC)CCCCC)OC(=C)CC(CCC)CCCCC. The van der Waals surface area contributed by atoms with E-state index in [-0.39, 0.29) is 0 Å². The van der Waals surface area contributed by atoms with E-state index in [4.69, 9.17) is 4.74 Å². The lowest BCUT2D eigenvalue weighted by Gasteiger charge is -2.21. The minimum Gasteiger partial charge on any atom is -0.467 e. The first kappa shape index (κ1) is 24.3. The van der Waals surface area contributed by atoms with Crippen molar-refractivity contribution in [2.45, 2.75) is 118 Å². The number of allylic oxidation sites excluding steroid dienone is 2. The van der Waals surface area contributed by atoms with Crippen molar-refractivity contribution in [2.75, 3.05) is 0 Å². The van der Waals surface area contributed by atoms with Gasteiger partial charge in [-0.3, -0.25) is 0 Å². The zero-order valence-corrected chi connectivity index (χ0v) is 17.9. The zero-order chi connectivity index (χ0) is 18.9. The second kappa shape index (κ2) is 16.7. The van der Waals surface area contributed by atoms with Crippen molar-refractivity contribution in [3.05, 3.63) is 24.7 Å². The summed E-state index contributed by atoms with van der Waals surface area (Å²) in [5.41, 5.74) is 0. The van der Waals surface area contributed by atoms with Crippen LogP contribution in [0.1, 0.15) is 118 Å². The number of hydrogen-bond donors (Lipinski definition) is 0. The van der Waals surface area contributed by atoms with E-state index >= 15 is 0 Å². The maximum absolute atomic E-state index is 6.03. The molecule has 0 rings (SSSR count). The van der Waals surface area contributed by atoms with Crippen LogP contribution in [0.5, 0.6) is 0 Å². The molecule has 2 unspecified atom stereocenters. The van der Waals surface area contributed by atoms with E-state index in [2.05, 4.69) is 40.9 Å². The summed E-state index contributed by atoms with van der Waals surface area (Å²) in [5.74, 6) is 3.33. The fourth-order valence-electron chi connectivity index (χ4n) is 3.81. The normalized spacial score (nSPS) is 13.4. The summed E-state index contributed by atoms with van der Waals surface area (Å²) in [6.45, 7) is 17.5. The van der Waals surface area contributed by atoms with Gasteiger partial charge in [-0.15, -0.1) is 0 Å². The highest BCUT2D eigenvalue weighted by Crippen LogP contribution is 2.27. The average Bonchev–Trinajstić information content (AvgIpc) is 2.55. The molecule has 0 amide bonds. The molecule has 0 radical (unpaired) electrons. The van der Waals surface area contributed by atoms with E-state index in [9.17, 15) is 0 Å². The molecular formula is C24H46O. The van der Waals surface area contributed by atoms with Crippen LogP contribution in [0.3, 0.4) is 0 Å². The lowest BCUT2D eigenvalue weighted by Crippen LogP contribution is -2.07. The Morgan fingerprint density at radius 3 is 1.32 bits per heavy atom. The lowest BCUT2D eigenvalue weighted by atomic mass is 9.92. The molecule has 0 aromatic carbocycles. The highest BCUT2D eigenvalue weighted by molar-refractivity contribution is 4.96. The lowest BCUT2D eigenvalue weighted by molar-refractivity contribution is 0.235. The average molecular weight is 351 g/mol. The predicted octanol–water partition coefficient (Wildman–Crippen LogP) is 8.80. The molecule has 0 N–H and O–H groups in total. The van der Waals surface area contributed by atoms with Gasteiger partial charge >= 0.3 is 0 Å². The summed E-state index contributed by atoms with van der Waals surface area (Å²) in [4.78, 5) is 0. The minimum atomic E-state index is 0.729. The fraction of sp³-hybridized carbons (Fsp3) is 0.833. The quantitative estimate of drug-likeness (QED) is 0.177. The molecule has 0 saturated carbocycles. The van der Waals surface area contributed by atoms with Crippen LogP contribution in [-0.4, -0.2) is 0 Å². The van der Waals surface area contributed by atoms with Crippen LogP contribution in [0.15, 0.2) is 24.7 Å². The molecular weight excluding hydrogens is 304 g/mol. The van der Waals surface area contributed by atoms with Crippen LogP contribution in [0.4, 0.5) is 0 Å². The van der Waals surface area contributed by atoms with Crippen molar-refractivity contribution in [3.8, 4) is 0 Å². The van der Waals surface area contributed by atoms with Crippen molar-refractivity contribution in [1.82, 2.24) is 0 Å². The van der Waals surface area contributed by atoms with Gasteiger partial charge in [0.15, 0.2) is 0 Å². The highest BCUT2D eigenvalue weighted by atomic mass is 16.5. The smallest absolute Gasteiger partial charge is 0.0967 e. The van der Waals surface area contributed by atoms with E-state index in [1.807, 2.05) is 0 Å². The van der Waals surface area contributed by atoms with Gasteiger partial charge in [0, 0.05) is 12.8 Å². The molecule has 1 heteroatoms. The van der Waals surface area contributed by atoms with Crippen LogP contribution < -0.4 is 0 Å². The van der Waals surface area contributed by atoms with Crippen LogP contribution in [0, 0.1) is 11.8 Å². The van der Waals surface area contributed by atoms with Crippen LogP contribution in [-0.2, 0) is 4.74 Å². The molecule has 0 aliphatic heterocycles. The number of hydrogen-bond acceptors (Lipinski definition) is 1. The predicted molar refractivity (Wildman–Crippen MR) is 114 cm³/mol. The Hall–Kier alpha value is -0.720. The van der Waals surface area contributed by atoms with E-state index < -0.39 is 0 Å². The van der Waals surface area contributed by atoms with Crippen molar-refractivity contribution >= 4 is 0 Å². The van der Waals surface area contributed by atoms with Gasteiger partial charge in [-0.25, -0.2) is 0 Å². The molecule has 148 valence electrons. The van der Waals surface area contributed by atoms with E-state index in [0.717, 1.165) is 36.2 Å². The molecule has 0 aromatic heterocycles. The Labute approximate surface area is 159 Å². The number of rotatable bonds is 18. The van der Waals surface area contributed by atoms with Gasteiger partial charge in [0.25, 0.3) is 0 Å². The molecule has 0 heterocycles. The first-order valence-corrected chi connectivity index (χ1v) is 11.1. The van der Waals surface area contributed by atoms with Gasteiger partial charge < -0.3 is 4.74 Å². The largest absolute Gasteiger partial charge is 0.467 e. The van der Waals surface area contributed by atoms with Gasteiger partial charge in [0.1, 0.15) is 0 Å². The van der Waals surface area contributed by atoms with E-state index in [1.54, 1.807) is 0 Å². The molecule has 25 heavy (non-hydrogen) atoms. The van der Waals surface area contributed by atoms with E-state index in [0.29, 0.717) is 0 Å². The Bertz CT molecular complexity index is 299. The molecule has 0 saturated heterocycles. The van der Waals surface area contributed by atoms with Crippen LogP contribution in [0.2, 0.25) is 0 Å². The van der Waals surface area contributed by atoms with Gasteiger partial charge in [-0.2, -0.15) is 0 Å². The maximum atomic E-state index is 6.03. The molecule has 0 fully saturated rings. The Morgan fingerprint density at radius 1 is 0.600 bits per heavy atom. The number of ether oxygens (including phenoxy) is 1. The first-order chi connectivity index (χ1) is 12.1. The van der Waals surface area contributed by atoms with Crippen molar-refractivity contribution in [3.63, 3.8) is 0 Å². The Balaban J connectivity index is 4.27. The van der Waals surface area contributed by atoms with Gasteiger partial charge in [0.05, 0.1) is 11.5 Å². The third-order valence-corrected chi connectivity index (χ3v) is 5.15. The zero-order valence-electron chi connectivity index (χ0n) is 17.9. The van der Waals surface area contributed by atoms with Crippen molar-refractivity contribution < 1.29 is 4.74 Å². The third-order valence-electron chi connectivity index (χ3n) is 5.15. The first-order valence-electron chi connectivity index (χ1n) is 11.1. The standard InChI is InChI=1S/C24H46O/c1-7-11-13-17-23(15-9-3)19-21(5)25-22(6)20-24(16-10-4)18-14-12-8-2/h23-24H,5-20H2,1-4H3. The molecule has 0 aliphatic rings. The summed E-state index contributed by atoms with van der Waals surface area (Å²) in [5, 5.41) is 0. The summed E-state index contributed by atoms with van der Waals surface area (Å²) >= 11 is 0. The Morgan fingerprint density at radius 2 is 1.00 bits per heavy atom. The maximum Gasteiger partial charge on any atom is 0.0967 e. The molecule has 0 aliphatic carbocycles. The van der Waals surface area contributed by atoms with Crippen LogP contribution >= 0.6 is 0 Å². The second-order valence-electron chi connectivity index (χ2n) is 7.89.